The first kappa shape index (κ1) is 6.09. The van der Waals surface area contributed by atoms with Gasteiger partial charge in [0, 0.05) is 0 Å². The van der Waals surface area contributed by atoms with E-state index in [-0.39, 0.29) is 0 Å². The van der Waals surface area contributed by atoms with Gasteiger partial charge in [0.05, 0.1) is 0 Å². The minimum atomic E-state index is -1.93. The summed E-state index contributed by atoms with van der Waals surface area (Å²) in [6.45, 7) is 1.04. The number of carbonyl (C=O) groups is 1. The van der Waals surface area contributed by atoms with Crippen molar-refractivity contribution in [3.05, 3.63) is 0 Å². The van der Waals surface area contributed by atoms with Crippen molar-refractivity contribution in [1.29, 1.82) is 5.26 Å². The van der Waals surface area contributed by atoms with Crippen LogP contribution in [0, 0.1) is 11.3 Å². The number of ketones is 1. The highest BCUT2D eigenvalue weighted by Gasteiger charge is 2.07. The second-order valence-electron chi connectivity index (χ2n) is 1.10. The van der Waals surface area contributed by atoms with Gasteiger partial charge >= 0.3 is 0 Å². The third kappa shape index (κ3) is 1.88. The fourth-order valence-electron chi connectivity index (χ4n) is 0.0909. The quantitative estimate of drug-likeness (QED) is 0.480. The summed E-state index contributed by atoms with van der Waals surface area (Å²) < 4.78 is 11.5. The molecule has 38 valence electrons. The van der Waals surface area contributed by atoms with Crippen LogP contribution in [0.1, 0.15) is 6.92 Å². The molecule has 0 aliphatic heterocycles. The molecule has 0 N–H and O–H groups in total. The lowest BCUT2D eigenvalue weighted by Gasteiger charge is -1.83. The van der Waals surface area contributed by atoms with Crippen molar-refractivity contribution in [2.75, 3.05) is 0 Å². The third-order valence-electron chi connectivity index (χ3n) is 0.470. The Labute approximate surface area is 40.6 Å². The molecule has 0 fully saturated rings. The van der Waals surface area contributed by atoms with Crippen molar-refractivity contribution in [1.82, 2.24) is 0 Å². The Balaban J connectivity index is 3.63. The topological polar surface area (TPSA) is 40.9 Å². The number of alkyl halides is 1. The molecule has 3 heteroatoms. The molecule has 0 aromatic carbocycles. The van der Waals surface area contributed by atoms with Crippen LogP contribution in [-0.4, -0.2) is 12.0 Å². The van der Waals surface area contributed by atoms with Crippen LogP contribution >= 0.6 is 0 Å². The van der Waals surface area contributed by atoms with E-state index >= 15 is 0 Å². The molecule has 7 heavy (non-hydrogen) atoms. The summed E-state index contributed by atoms with van der Waals surface area (Å²) in [6, 6.07) is 1.15. The number of nitriles is 1. The van der Waals surface area contributed by atoms with Crippen molar-refractivity contribution in [3.8, 4) is 6.07 Å². The smallest absolute Gasteiger partial charge is 0.243 e. The largest absolute Gasteiger partial charge is 0.295 e. The van der Waals surface area contributed by atoms with Gasteiger partial charge in [-0.1, -0.05) is 0 Å². The third-order valence-corrected chi connectivity index (χ3v) is 0.470. The van der Waals surface area contributed by atoms with E-state index in [4.69, 9.17) is 5.26 Å². The Morgan fingerprint density at radius 2 is 2.43 bits per heavy atom. The lowest BCUT2D eigenvalue weighted by molar-refractivity contribution is -0.119. The molecule has 0 aromatic rings. The molecule has 0 aromatic heterocycles. The molecule has 0 heterocycles. The number of halogens is 1. The number of rotatable bonds is 1. The Bertz CT molecular complexity index is 115. The fraction of sp³-hybridized carbons (Fsp3) is 0.500. The zero-order chi connectivity index (χ0) is 5.86. The van der Waals surface area contributed by atoms with Gasteiger partial charge in [-0.15, -0.1) is 0 Å². The van der Waals surface area contributed by atoms with Gasteiger partial charge in [-0.2, -0.15) is 5.26 Å². The zero-order valence-corrected chi connectivity index (χ0v) is 3.81. The highest BCUT2D eigenvalue weighted by Crippen LogP contribution is 1.86. The van der Waals surface area contributed by atoms with Gasteiger partial charge < -0.3 is 0 Å². The second-order valence-corrected chi connectivity index (χ2v) is 1.10. The average Bonchev–Trinajstić information content (AvgIpc) is 1.65. The van der Waals surface area contributed by atoms with E-state index in [0.29, 0.717) is 0 Å². The number of carbonyl (C=O) groups excluding carboxylic acids is 1. The van der Waals surface area contributed by atoms with E-state index in [1.165, 1.54) is 0 Å². The Morgan fingerprint density at radius 3 is 2.43 bits per heavy atom. The molecule has 0 saturated heterocycles. The van der Waals surface area contributed by atoms with Crippen molar-refractivity contribution < 1.29 is 9.18 Å². The highest BCUT2D eigenvalue weighted by atomic mass is 19.1. The first-order chi connectivity index (χ1) is 3.18. The summed E-state index contributed by atoms with van der Waals surface area (Å²) in [6.07, 6.45) is -1.93. The van der Waals surface area contributed by atoms with E-state index < -0.39 is 12.0 Å². The van der Waals surface area contributed by atoms with Crippen LogP contribution in [0.3, 0.4) is 0 Å². The number of Topliss-reactive ketones (excluding diaryl/α,β-unsaturated/α-hetero) is 1. The van der Waals surface area contributed by atoms with Gasteiger partial charge in [-0.3, -0.25) is 4.79 Å². The molecule has 0 spiro atoms. The summed E-state index contributed by atoms with van der Waals surface area (Å²) >= 11 is 0. The van der Waals surface area contributed by atoms with E-state index in [1.807, 2.05) is 0 Å². The van der Waals surface area contributed by atoms with Crippen LogP contribution in [0.4, 0.5) is 4.39 Å². The van der Waals surface area contributed by atoms with Crippen molar-refractivity contribution in [2.24, 2.45) is 0 Å². The van der Waals surface area contributed by atoms with E-state index in [1.54, 1.807) is 0 Å². The average molecular weight is 101 g/mol. The minimum absolute atomic E-state index is 0.734. The number of hydrogen-bond acceptors (Lipinski definition) is 2. The van der Waals surface area contributed by atoms with Crippen LogP contribution < -0.4 is 0 Å². The molecular formula is C4H4FNO. The van der Waals surface area contributed by atoms with E-state index in [2.05, 4.69) is 0 Å². The van der Waals surface area contributed by atoms with Crippen LogP contribution in [0.2, 0.25) is 0 Å². The van der Waals surface area contributed by atoms with Crippen LogP contribution in [-0.2, 0) is 4.79 Å². The SMILES string of the molecule is CC(=O)C(F)C#N. The van der Waals surface area contributed by atoms with Crippen molar-refractivity contribution in [2.45, 2.75) is 13.1 Å². The summed E-state index contributed by atoms with van der Waals surface area (Å²) in [7, 11) is 0. The maximum Gasteiger partial charge on any atom is 0.243 e. The first-order valence-electron chi connectivity index (χ1n) is 1.72. The predicted octanol–water partition coefficient (Wildman–Crippen LogP) is 0.437. The van der Waals surface area contributed by atoms with E-state index in [9.17, 15) is 9.18 Å². The maximum absolute atomic E-state index is 11.5. The molecule has 0 aliphatic carbocycles. The van der Waals surface area contributed by atoms with Crippen LogP contribution in [0.5, 0.6) is 0 Å². The molecule has 0 rings (SSSR count). The number of nitrogens with zero attached hydrogens (tertiary/aromatic N) is 1. The van der Waals surface area contributed by atoms with Gasteiger partial charge in [0.2, 0.25) is 6.17 Å². The maximum atomic E-state index is 11.5. The molecule has 0 saturated carbocycles. The Morgan fingerprint density at radius 1 is 2.00 bits per heavy atom. The predicted molar refractivity (Wildman–Crippen MR) is 21.2 cm³/mol. The van der Waals surface area contributed by atoms with Gasteiger partial charge in [0.1, 0.15) is 6.07 Å². The first-order valence-corrected chi connectivity index (χ1v) is 1.72. The molecule has 0 radical (unpaired) electrons. The van der Waals surface area contributed by atoms with Gasteiger partial charge in [-0.25, -0.2) is 4.39 Å². The van der Waals surface area contributed by atoms with Gasteiger partial charge in [0.25, 0.3) is 0 Å². The molecule has 2 nitrogen and oxygen atoms in total. The normalized spacial score (nSPS) is 12.1. The van der Waals surface area contributed by atoms with Crippen molar-refractivity contribution in [3.63, 3.8) is 0 Å². The lowest BCUT2D eigenvalue weighted by Crippen LogP contribution is -2.06. The minimum Gasteiger partial charge on any atom is -0.295 e. The summed E-state index contributed by atoms with van der Waals surface area (Å²) in [4.78, 5) is 9.78. The number of hydrogen-bond donors (Lipinski definition) is 0. The summed E-state index contributed by atoms with van der Waals surface area (Å²) in [5.74, 6) is -0.734. The monoisotopic (exact) mass is 101 g/mol. The standard InChI is InChI=1S/C4H4FNO/c1-3(7)4(5)2-6/h4H,1H3. The van der Waals surface area contributed by atoms with Gasteiger partial charge in [-0.05, 0) is 6.92 Å². The molecule has 0 aliphatic rings. The highest BCUT2D eigenvalue weighted by molar-refractivity contribution is 5.82. The van der Waals surface area contributed by atoms with Gasteiger partial charge in [0.15, 0.2) is 5.78 Å². The second kappa shape index (κ2) is 2.30. The fourth-order valence-corrected chi connectivity index (χ4v) is 0.0909. The molecule has 0 amide bonds. The summed E-state index contributed by atoms with van der Waals surface area (Å²) in [5, 5.41) is 7.66. The van der Waals surface area contributed by atoms with Crippen LogP contribution in [0.25, 0.3) is 0 Å². The molecule has 1 atom stereocenters. The molecule has 0 bridgehead atoms. The van der Waals surface area contributed by atoms with E-state index in [0.717, 1.165) is 13.0 Å². The summed E-state index contributed by atoms with van der Waals surface area (Å²) in [5.41, 5.74) is 0. The lowest BCUT2D eigenvalue weighted by atomic mass is 10.3. The molecular weight excluding hydrogens is 97.0 g/mol. The zero-order valence-electron chi connectivity index (χ0n) is 3.81. The molecule has 1 unspecified atom stereocenters. The Kier molecular flexibility index (Phi) is 2.00. The van der Waals surface area contributed by atoms with Crippen molar-refractivity contribution >= 4 is 5.78 Å². The Hall–Kier alpha value is -0.910. The van der Waals surface area contributed by atoms with Crippen LogP contribution in [0.15, 0.2) is 0 Å².